The van der Waals surface area contributed by atoms with Crippen molar-refractivity contribution in [2.24, 2.45) is 5.92 Å². The highest BCUT2D eigenvalue weighted by Crippen LogP contribution is 2.07. The fourth-order valence-electron chi connectivity index (χ4n) is 1.45. The zero-order valence-electron chi connectivity index (χ0n) is 10.1. The number of hydrogen-bond donors (Lipinski definition) is 2. The van der Waals surface area contributed by atoms with Gasteiger partial charge in [-0.05, 0) is 11.5 Å². The van der Waals surface area contributed by atoms with Gasteiger partial charge >= 0.3 is 0 Å². The molecule has 0 aromatic heterocycles. The average Bonchev–Trinajstić information content (AvgIpc) is 2.26. The summed E-state index contributed by atoms with van der Waals surface area (Å²) in [5.41, 5.74) is 0.737. The van der Waals surface area contributed by atoms with Crippen LogP contribution < -0.4 is 4.72 Å². The Hall–Kier alpha value is -0.910. The number of sulfonamides is 1. The largest absolute Gasteiger partial charge is 0.395 e. The monoisotopic (exact) mass is 257 g/mol. The molecule has 1 aromatic rings. The first-order valence-corrected chi connectivity index (χ1v) is 7.24. The lowest BCUT2D eigenvalue weighted by molar-refractivity contribution is 0.227. The molecular formula is C12H19NO3S. The first-order valence-electron chi connectivity index (χ1n) is 5.59. The highest BCUT2D eigenvalue weighted by molar-refractivity contribution is 7.88. The quantitative estimate of drug-likeness (QED) is 0.802. The molecule has 0 aliphatic rings. The molecule has 0 unspecified atom stereocenters. The van der Waals surface area contributed by atoms with Crippen molar-refractivity contribution in [1.29, 1.82) is 0 Å². The van der Waals surface area contributed by atoms with Crippen LogP contribution in [0, 0.1) is 5.92 Å². The lowest BCUT2D eigenvalue weighted by atomic mass is 10.1. The summed E-state index contributed by atoms with van der Waals surface area (Å²) < 4.78 is 26.2. The molecule has 0 heterocycles. The average molecular weight is 257 g/mol. The maximum Gasteiger partial charge on any atom is 0.216 e. The van der Waals surface area contributed by atoms with Gasteiger partial charge in [-0.3, -0.25) is 0 Å². The van der Waals surface area contributed by atoms with Gasteiger partial charge in [-0.1, -0.05) is 44.2 Å². The minimum Gasteiger partial charge on any atom is -0.395 e. The first-order chi connectivity index (χ1) is 7.94. The third-order valence-corrected chi connectivity index (χ3v) is 3.91. The van der Waals surface area contributed by atoms with E-state index in [9.17, 15) is 8.42 Å². The standard InChI is InChI=1S/C12H19NO3S/c1-10(2)12(8-14)13-17(15,16)9-11-6-4-3-5-7-11/h3-7,10,12-14H,8-9H2,1-2H3/t12-/m1/s1. The Labute approximate surface area is 103 Å². The van der Waals surface area contributed by atoms with Crippen molar-refractivity contribution in [2.45, 2.75) is 25.6 Å². The molecule has 2 N–H and O–H groups in total. The minimum absolute atomic E-state index is 0.0585. The van der Waals surface area contributed by atoms with Crippen molar-refractivity contribution < 1.29 is 13.5 Å². The Morgan fingerprint density at radius 3 is 2.29 bits per heavy atom. The molecule has 0 aliphatic heterocycles. The van der Waals surface area contributed by atoms with E-state index in [1.807, 2.05) is 19.9 Å². The van der Waals surface area contributed by atoms with Gasteiger partial charge in [0.15, 0.2) is 0 Å². The van der Waals surface area contributed by atoms with E-state index >= 15 is 0 Å². The van der Waals surface area contributed by atoms with E-state index in [2.05, 4.69) is 4.72 Å². The van der Waals surface area contributed by atoms with Crippen LogP contribution in [0.15, 0.2) is 30.3 Å². The van der Waals surface area contributed by atoms with Crippen molar-refractivity contribution in [3.8, 4) is 0 Å². The lowest BCUT2D eigenvalue weighted by Crippen LogP contribution is -2.41. The normalized spacial score (nSPS) is 13.9. The highest BCUT2D eigenvalue weighted by atomic mass is 32.2. The lowest BCUT2D eigenvalue weighted by Gasteiger charge is -2.19. The SMILES string of the molecule is CC(C)[C@@H](CO)NS(=O)(=O)Cc1ccccc1. The molecule has 1 aromatic carbocycles. The van der Waals surface area contributed by atoms with Crippen molar-refractivity contribution in [3.05, 3.63) is 35.9 Å². The molecule has 96 valence electrons. The molecule has 0 spiro atoms. The summed E-state index contributed by atoms with van der Waals surface area (Å²) >= 11 is 0. The van der Waals surface area contributed by atoms with Gasteiger partial charge < -0.3 is 5.11 Å². The molecule has 1 atom stereocenters. The van der Waals surface area contributed by atoms with Crippen LogP contribution in [0.2, 0.25) is 0 Å². The van der Waals surface area contributed by atoms with Gasteiger partial charge in [0, 0.05) is 6.04 Å². The molecule has 4 nitrogen and oxygen atoms in total. The number of aliphatic hydroxyl groups excluding tert-OH is 1. The number of rotatable bonds is 6. The predicted octanol–water partition coefficient (Wildman–Crippen LogP) is 1.12. The van der Waals surface area contributed by atoms with E-state index in [0.29, 0.717) is 0 Å². The number of hydrogen-bond acceptors (Lipinski definition) is 3. The maximum absolute atomic E-state index is 11.9. The van der Waals surface area contributed by atoms with Crippen molar-refractivity contribution in [2.75, 3.05) is 6.61 Å². The van der Waals surface area contributed by atoms with Crippen molar-refractivity contribution >= 4 is 10.0 Å². The summed E-state index contributed by atoms with van der Waals surface area (Å²) in [4.78, 5) is 0. The third kappa shape index (κ3) is 4.85. The summed E-state index contributed by atoms with van der Waals surface area (Å²) in [7, 11) is -3.40. The molecule has 0 amide bonds. The van der Waals surface area contributed by atoms with Crippen molar-refractivity contribution in [3.63, 3.8) is 0 Å². The number of benzene rings is 1. The van der Waals surface area contributed by atoms with Crippen LogP contribution in [-0.4, -0.2) is 26.2 Å². The van der Waals surface area contributed by atoms with Gasteiger partial charge in [0.2, 0.25) is 10.0 Å². The van der Waals surface area contributed by atoms with Crippen LogP contribution in [0.3, 0.4) is 0 Å². The second kappa shape index (κ2) is 6.14. The van der Waals surface area contributed by atoms with E-state index in [1.54, 1.807) is 24.3 Å². The van der Waals surface area contributed by atoms with E-state index in [-0.39, 0.29) is 18.3 Å². The minimum atomic E-state index is -3.40. The fraction of sp³-hybridized carbons (Fsp3) is 0.500. The smallest absolute Gasteiger partial charge is 0.216 e. The van der Waals surface area contributed by atoms with Gasteiger partial charge in [0.25, 0.3) is 0 Å². The van der Waals surface area contributed by atoms with E-state index < -0.39 is 16.1 Å². The summed E-state index contributed by atoms with van der Waals surface area (Å²) in [6.45, 7) is 3.55. The molecule has 0 aliphatic carbocycles. The zero-order chi connectivity index (χ0) is 12.9. The Morgan fingerprint density at radius 1 is 1.24 bits per heavy atom. The Bertz CT molecular complexity index is 428. The first kappa shape index (κ1) is 14.2. The van der Waals surface area contributed by atoms with Crippen LogP contribution >= 0.6 is 0 Å². The third-order valence-electron chi connectivity index (χ3n) is 2.53. The van der Waals surface area contributed by atoms with E-state index in [1.165, 1.54) is 0 Å². The van der Waals surface area contributed by atoms with E-state index in [4.69, 9.17) is 5.11 Å². The summed E-state index contributed by atoms with van der Waals surface area (Å²) in [5.74, 6) is 0.00222. The van der Waals surface area contributed by atoms with Crippen LogP contribution in [-0.2, 0) is 15.8 Å². The molecule has 0 bridgehead atoms. The number of aliphatic hydroxyl groups is 1. The molecule has 0 saturated carbocycles. The van der Waals surface area contributed by atoms with E-state index in [0.717, 1.165) is 5.56 Å². The van der Waals surface area contributed by atoms with Crippen LogP contribution in [0.4, 0.5) is 0 Å². The van der Waals surface area contributed by atoms with Gasteiger partial charge in [0.1, 0.15) is 0 Å². The molecule has 0 radical (unpaired) electrons. The molecular weight excluding hydrogens is 238 g/mol. The molecule has 5 heteroatoms. The fourth-order valence-corrected chi connectivity index (χ4v) is 2.97. The summed E-state index contributed by atoms with van der Waals surface area (Å²) in [6, 6.07) is 8.55. The molecule has 1 rings (SSSR count). The van der Waals surface area contributed by atoms with Gasteiger partial charge in [-0.25, -0.2) is 13.1 Å². The van der Waals surface area contributed by atoms with Crippen LogP contribution in [0.5, 0.6) is 0 Å². The molecule has 17 heavy (non-hydrogen) atoms. The van der Waals surface area contributed by atoms with Gasteiger partial charge in [-0.2, -0.15) is 0 Å². The Kier molecular flexibility index (Phi) is 5.11. The van der Waals surface area contributed by atoms with Gasteiger partial charge in [0.05, 0.1) is 12.4 Å². The Morgan fingerprint density at radius 2 is 1.82 bits per heavy atom. The molecule has 0 saturated heterocycles. The van der Waals surface area contributed by atoms with Crippen LogP contribution in [0.1, 0.15) is 19.4 Å². The molecule has 0 fully saturated rings. The topological polar surface area (TPSA) is 66.4 Å². The van der Waals surface area contributed by atoms with Crippen molar-refractivity contribution in [1.82, 2.24) is 4.72 Å². The predicted molar refractivity (Wildman–Crippen MR) is 67.9 cm³/mol. The zero-order valence-corrected chi connectivity index (χ0v) is 10.9. The second-order valence-corrected chi connectivity index (χ2v) is 6.15. The summed E-state index contributed by atoms with van der Waals surface area (Å²) in [5, 5.41) is 9.10. The second-order valence-electron chi connectivity index (χ2n) is 4.40. The van der Waals surface area contributed by atoms with Crippen LogP contribution in [0.25, 0.3) is 0 Å². The maximum atomic E-state index is 11.9. The summed E-state index contributed by atoms with van der Waals surface area (Å²) in [6.07, 6.45) is 0. The highest BCUT2D eigenvalue weighted by Gasteiger charge is 2.20. The number of nitrogens with one attached hydrogen (secondary N) is 1. The Balaban J connectivity index is 2.70. The van der Waals surface area contributed by atoms with Gasteiger partial charge in [-0.15, -0.1) is 0 Å².